The van der Waals surface area contributed by atoms with Gasteiger partial charge in [-0.05, 0) is 55.7 Å². The van der Waals surface area contributed by atoms with Gasteiger partial charge in [0.1, 0.15) is 11.6 Å². The van der Waals surface area contributed by atoms with Gasteiger partial charge in [0.15, 0.2) is 0 Å². The fourth-order valence-corrected chi connectivity index (χ4v) is 3.94. The quantitative estimate of drug-likeness (QED) is 0.461. The maximum absolute atomic E-state index is 12.5. The Kier molecular flexibility index (Phi) is 5.72. The molecule has 2 amide bonds. The number of nitrogens with one attached hydrogen (secondary N) is 1. The summed E-state index contributed by atoms with van der Waals surface area (Å²) in [6.07, 6.45) is 9.19. The van der Waals surface area contributed by atoms with Crippen molar-refractivity contribution in [3.63, 3.8) is 0 Å². The number of pyridine rings is 3. The van der Waals surface area contributed by atoms with Crippen molar-refractivity contribution in [2.24, 2.45) is 11.7 Å². The average Bonchev–Trinajstić information content (AvgIpc) is 2.75. The van der Waals surface area contributed by atoms with E-state index in [4.69, 9.17) is 17.2 Å². The third kappa shape index (κ3) is 4.36. The first kappa shape index (κ1) is 21.2. The second-order valence-electron chi connectivity index (χ2n) is 8.05. The molecular weight excluding hydrogens is 406 g/mol. The minimum atomic E-state index is -0.272. The van der Waals surface area contributed by atoms with Crippen molar-refractivity contribution >= 4 is 39.9 Å². The maximum Gasteiger partial charge on any atom is 0.249 e. The molecule has 0 spiro atoms. The standard InChI is InChI=1S/C23H25N7O2/c1-12-16(9-27-11-18(12)24)19-7-15-8-20(28-10-17(15)22(25)29-19)30-21(31)6-13-2-4-14(5-3-13)23(26)32/h6-11,14H,2-5,24H2,1H3,(H2,25,29)(H2,26,32)(H,28,30,31). The van der Waals surface area contributed by atoms with Gasteiger partial charge in [0.05, 0.1) is 17.6 Å². The molecule has 3 aromatic heterocycles. The maximum atomic E-state index is 12.5. The number of nitrogens with zero attached hydrogens (tertiary/aromatic N) is 3. The number of nitrogens with two attached hydrogens (primary N) is 3. The summed E-state index contributed by atoms with van der Waals surface area (Å²) in [6, 6.07) is 3.63. The Balaban J connectivity index is 1.57. The fourth-order valence-electron chi connectivity index (χ4n) is 3.94. The molecule has 7 N–H and O–H groups in total. The van der Waals surface area contributed by atoms with Crippen LogP contribution in [0.3, 0.4) is 0 Å². The highest BCUT2D eigenvalue weighted by atomic mass is 16.2. The van der Waals surface area contributed by atoms with E-state index in [9.17, 15) is 9.59 Å². The lowest BCUT2D eigenvalue weighted by atomic mass is 9.85. The molecule has 32 heavy (non-hydrogen) atoms. The van der Waals surface area contributed by atoms with Crippen LogP contribution < -0.4 is 22.5 Å². The number of allylic oxidation sites excluding steroid dienone is 1. The van der Waals surface area contributed by atoms with Crippen molar-refractivity contribution in [2.75, 3.05) is 16.8 Å². The third-order valence-electron chi connectivity index (χ3n) is 5.89. The number of rotatable bonds is 4. The number of hydrogen-bond acceptors (Lipinski definition) is 7. The van der Waals surface area contributed by atoms with Crippen LogP contribution in [0.4, 0.5) is 17.3 Å². The zero-order valence-electron chi connectivity index (χ0n) is 17.8. The first-order chi connectivity index (χ1) is 15.3. The Hall–Kier alpha value is -4.01. The summed E-state index contributed by atoms with van der Waals surface area (Å²) in [7, 11) is 0. The van der Waals surface area contributed by atoms with Crippen LogP contribution in [0.2, 0.25) is 0 Å². The van der Waals surface area contributed by atoms with E-state index in [2.05, 4.69) is 20.3 Å². The van der Waals surface area contributed by atoms with Crippen LogP contribution in [-0.2, 0) is 9.59 Å². The lowest BCUT2D eigenvalue weighted by Gasteiger charge is -2.20. The van der Waals surface area contributed by atoms with Gasteiger partial charge in [-0.3, -0.25) is 14.6 Å². The van der Waals surface area contributed by atoms with Crippen molar-refractivity contribution in [1.82, 2.24) is 15.0 Å². The third-order valence-corrected chi connectivity index (χ3v) is 5.89. The Bertz CT molecular complexity index is 1240. The van der Waals surface area contributed by atoms with E-state index in [-0.39, 0.29) is 17.7 Å². The molecule has 3 heterocycles. The summed E-state index contributed by atoms with van der Waals surface area (Å²) in [4.78, 5) is 36.7. The molecule has 9 heteroatoms. The Morgan fingerprint density at radius 1 is 1.12 bits per heavy atom. The van der Waals surface area contributed by atoms with Crippen molar-refractivity contribution < 1.29 is 9.59 Å². The fraction of sp³-hybridized carbons (Fsp3) is 0.261. The van der Waals surface area contributed by atoms with Gasteiger partial charge in [0, 0.05) is 35.3 Å². The highest BCUT2D eigenvalue weighted by Gasteiger charge is 2.21. The van der Waals surface area contributed by atoms with Gasteiger partial charge in [-0.15, -0.1) is 0 Å². The first-order valence-electron chi connectivity index (χ1n) is 10.4. The van der Waals surface area contributed by atoms with Gasteiger partial charge in [-0.25, -0.2) is 9.97 Å². The van der Waals surface area contributed by atoms with Crippen LogP contribution in [0.25, 0.3) is 22.0 Å². The SMILES string of the molecule is Cc1c(N)cncc1-c1cc2cc(NC(=O)C=C3CCC(C(N)=O)CC3)ncc2c(N)n1. The lowest BCUT2D eigenvalue weighted by molar-refractivity contribution is -0.122. The van der Waals surface area contributed by atoms with E-state index in [1.165, 1.54) is 0 Å². The molecule has 1 fully saturated rings. The lowest BCUT2D eigenvalue weighted by Crippen LogP contribution is -2.25. The molecule has 0 unspecified atom stereocenters. The number of hydrogen-bond donors (Lipinski definition) is 4. The average molecular weight is 432 g/mol. The second kappa shape index (κ2) is 8.62. The predicted molar refractivity (Wildman–Crippen MR) is 124 cm³/mol. The number of aromatic nitrogens is 3. The number of amides is 2. The molecule has 1 aliphatic carbocycles. The monoisotopic (exact) mass is 431 g/mol. The van der Waals surface area contributed by atoms with E-state index >= 15 is 0 Å². The van der Waals surface area contributed by atoms with Gasteiger partial charge in [-0.1, -0.05) is 5.57 Å². The molecule has 164 valence electrons. The molecule has 0 atom stereocenters. The number of carbonyl (C=O) groups is 2. The Labute approximate surface area is 185 Å². The van der Waals surface area contributed by atoms with Gasteiger partial charge in [0.25, 0.3) is 0 Å². The van der Waals surface area contributed by atoms with Crippen LogP contribution in [0.1, 0.15) is 31.2 Å². The topological polar surface area (TPSA) is 163 Å². The number of nitrogen functional groups attached to an aromatic ring is 2. The van der Waals surface area contributed by atoms with E-state index in [1.807, 2.05) is 13.0 Å². The number of primary amides is 1. The summed E-state index contributed by atoms with van der Waals surface area (Å²) < 4.78 is 0. The minimum Gasteiger partial charge on any atom is -0.397 e. The summed E-state index contributed by atoms with van der Waals surface area (Å²) in [6.45, 7) is 1.90. The molecule has 0 saturated heterocycles. The normalized spacial score (nSPS) is 16.0. The molecule has 4 rings (SSSR count). The largest absolute Gasteiger partial charge is 0.397 e. The van der Waals surface area contributed by atoms with Crippen LogP contribution >= 0.6 is 0 Å². The molecule has 3 aromatic rings. The molecule has 0 radical (unpaired) electrons. The molecular formula is C23H25N7O2. The van der Waals surface area contributed by atoms with Crippen LogP contribution in [0.5, 0.6) is 0 Å². The first-order valence-corrected chi connectivity index (χ1v) is 10.4. The van der Waals surface area contributed by atoms with Gasteiger partial charge in [0.2, 0.25) is 11.8 Å². The number of anilines is 3. The molecule has 0 aliphatic heterocycles. The Morgan fingerprint density at radius 2 is 1.88 bits per heavy atom. The van der Waals surface area contributed by atoms with Gasteiger partial charge in [-0.2, -0.15) is 0 Å². The summed E-state index contributed by atoms with van der Waals surface area (Å²) in [5.41, 5.74) is 21.4. The van der Waals surface area contributed by atoms with E-state index < -0.39 is 0 Å². The van der Waals surface area contributed by atoms with Crippen LogP contribution in [-0.4, -0.2) is 26.8 Å². The number of carbonyl (C=O) groups excluding carboxylic acids is 2. The van der Waals surface area contributed by atoms with E-state index in [1.54, 1.807) is 30.7 Å². The van der Waals surface area contributed by atoms with E-state index in [0.29, 0.717) is 54.1 Å². The molecule has 1 aliphatic rings. The van der Waals surface area contributed by atoms with Gasteiger partial charge < -0.3 is 22.5 Å². The van der Waals surface area contributed by atoms with E-state index in [0.717, 1.165) is 22.1 Å². The summed E-state index contributed by atoms with van der Waals surface area (Å²) in [5, 5.41) is 4.27. The van der Waals surface area contributed by atoms with Crippen LogP contribution in [0, 0.1) is 12.8 Å². The van der Waals surface area contributed by atoms with Gasteiger partial charge >= 0.3 is 0 Å². The molecule has 0 aromatic carbocycles. The zero-order chi connectivity index (χ0) is 22.8. The summed E-state index contributed by atoms with van der Waals surface area (Å²) in [5.74, 6) is 0.0975. The molecule has 0 bridgehead atoms. The van der Waals surface area contributed by atoms with Crippen molar-refractivity contribution in [3.05, 3.63) is 47.9 Å². The predicted octanol–water partition coefficient (Wildman–Crippen LogP) is 2.71. The number of fused-ring (bicyclic) bond motifs is 1. The zero-order valence-corrected chi connectivity index (χ0v) is 17.8. The van der Waals surface area contributed by atoms with Crippen molar-refractivity contribution in [2.45, 2.75) is 32.6 Å². The highest BCUT2D eigenvalue weighted by Crippen LogP contribution is 2.31. The summed E-state index contributed by atoms with van der Waals surface area (Å²) >= 11 is 0. The van der Waals surface area contributed by atoms with Crippen molar-refractivity contribution in [1.29, 1.82) is 0 Å². The minimum absolute atomic E-state index is 0.107. The smallest absolute Gasteiger partial charge is 0.249 e. The van der Waals surface area contributed by atoms with Crippen LogP contribution in [0.15, 0.2) is 42.4 Å². The second-order valence-corrected chi connectivity index (χ2v) is 8.05. The highest BCUT2D eigenvalue weighted by molar-refractivity contribution is 6.01. The molecule has 1 saturated carbocycles. The molecule has 9 nitrogen and oxygen atoms in total. The van der Waals surface area contributed by atoms with Crippen molar-refractivity contribution in [3.8, 4) is 11.3 Å². The Morgan fingerprint density at radius 3 is 2.59 bits per heavy atom.